The standard InChI is InChI=1S/C37H40F5N7O/c1-6-49(37(41,42)36(38,39)40)33-19-15-31(16-20-33)47-45-29-11-7-27(8-12-29)43-44-28-9-13-30(14-10-28)46-48-32-17-21-34(22-18-32)50-24-23-26(2)25-35(3,4)5/h7-22,26H,6,23-25H2,1-5H3. The van der Waals surface area contributed by atoms with Gasteiger partial charge in [0.15, 0.2) is 0 Å². The van der Waals surface area contributed by atoms with Crippen molar-refractivity contribution in [2.75, 3.05) is 18.1 Å². The molecule has 1 unspecified atom stereocenters. The van der Waals surface area contributed by atoms with E-state index in [1.807, 2.05) is 24.3 Å². The van der Waals surface area contributed by atoms with E-state index in [0.29, 0.717) is 46.4 Å². The predicted molar refractivity (Wildman–Crippen MR) is 186 cm³/mol. The molecule has 0 bridgehead atoms. The van der Waals surface area contributed by atoms with E-state index in [1.165, 1.54) is 19.1 Å². The Morgan fingerprint density at radius 3 is 1.24 bits per heavy atom. The summed E-state index contributed by atoms with van der Waals surface area (Å²) in [5, 5.41) is 25.2. The summed E-state index contributed by atoms with van der Waals surface area (Å²) in [5.41, 5.74) is 3.32. The largest absolute Gasteiger partial charge is 0.494 e. The minimum Gasteiger partial charge on any atom is -0.494 e. The molecular weight excluding hydrogens is 653 g/mol. The van der Waals surface area contributed by atoms with Gasteiger partial charge in [-0.1, -0.05) is 27.7 Å². The van der Waals surface area contributed by atoms with Crippen LogP contribution < -0.4 is 9.64 Å². The molecule has 0 aliphatic rings. The van der Waals surface area contributed by atoms with Crippen LogP contribution >= 0.6 is 0 Å². The lowest BCUT2D eigenvalue weighted by molar-refractivity contribution is -0.281. The van der Waals surface area contributed by atoms with Crippen LogP contribution in [0, 0.1) is 11.3 Å². The van der Waals surface area contributed by atoms with Crippen LogP contribution in [-0.2, 0) is 0 Å². The molecular formula is C37H40F5N7O. The van der Waals surface area contributed by atoms with E-state index in [1.54, 1.807) is 48.5 Å². The SMILES string of the molecule is CCN(c1ccc(N=Nc2ccc(N=Nc3ccc(N=Nc4ccc(OCCC(C)CC(C)(C)C)cc4)cc3)cc2)cc1)C(F)(F)C(F)(F)F. The van der Waals surface area contributed by atoms with E-state index in [4.69, 9.17) is 4.74 Å². The summed E-state index contributed by atoms with van der Waals surface area (Å²) in [6.45, 7) is 10.4. The van der Waals surface area contributed by atoms with Crippen molar-refractivity contribution in [1.29, 1.82) is 0 Å². The Hall–Kier alpha value is -5.07. The average molecular weight is 694 g/mol. The first kappa shape index (κ1) is 37.7. The molecule has 4 aromatic rings. The van der Waals surface area contributed by atoms with Gasteiger partial charge in [0.1, 0.15) is 5.75 Å². The van der Waals surface area contributed by atoms with Crippen LogP contribution in [0.2, 0.25) is 0 Å². The Kier molecular flexibility index (Phi) is 12.5. The lowest BCUT2D eigenvalue weighted by atomic mass is 9.84. The van der Waals surface area contributed by atoms with E-state index >= 15 is 0 Å². The van der Waals surface area contributed by atoms with Crippen LogP contribution in [0.1, 0.15) is 47.5 Å². The summed E-state index contributed by atoms with van der Waals surface area (Å²) in [6.07, 6.45) is -3.55. The van der Waals surface area contributed by atoms with Crippen molar-refractivity contribution in [3.8, 4) is 5.75 Å². The number of azo groups is 3. The molecule has 0 radical (unpaired) electrons. The first-order valence-electron chi connectivity index (χ1n) is 16.1. The molecule has 0 fully saturated rings. The predicted octanol–water partition coefficient (Wildman–Crippen LogP) is 13.8. The highest BCUT2D eigenvalue weighted by molar-refractivity contribution is 5.55. The van der Waals surface area contributed by atoms with E-state index in [2.05, 4.69) is 58.4 Å². The Bertz CT molecular complexity index is 1730. The second-order valence-electron chi connectivity index (χ2n) is 12.9. The first-order chi connectivity index (χ1) is 23.6. The van der Waals surface area contributed by atoms with Gasteiger partial charge in [0.25, 0.3) is 0 Å². The van der Waals surface area contributed by atoms with Gasteiger partial charge in [0, 0.05) is 12.2 Å². The third-order valence-corrected chi connectivity index (χ3v) is 7.38. The summed E-state index contributed by atoms with van der Waals surface area (Å²) in [5.74, 6) is 1.40. The molecule has 0 saturated carbocycles. The number of alkyl halides is 5. The quantitative estimate of drug-likeness (QED) is 0.0748. The third kappa shape index (κ3) is 11.2. The van der Waals surface area contributed by atoms with Crippen LogP contribution in [0.25, 0.3) is 0 Å². The van der Waals surface area contributed by atoms with Gasteiger partial charge in [0.2, 0.25) is 0 Å². The monoisotopic (exact) mass is 693 g/mol. The van der Waals surface area contributed by atoms with Crippen molar-refractivity contribution >= 4 is 39.8 Å². The van der Waals surface area contributed by atoms with Gasteiger partial charge in [-0.2, -0.15) is 52.6 Å². The fourth-order valence-corrected chi connectivity index (χ4v) is 5.05. The number of nitrogens with zero attached hydrogens (tertiary/aromatic N) is 7. The lowest BCUT2D eigenvalue weighted by Gasteiger charge is -2.33. The molecule has 0 heterocycles. The lowest BCUT2D eigenvalue weighted by Crippen LogP contribution is -2.52. The molecule has 4 rings (SSSR count). The Morgan fingerprint density at radius 2 is 0.920 bits per heavy atom. The molecule has 50 heavy (non-hydrogen) atoms. The van der Waals surface area contributed by atoms with Gasteiger partial charge in [-0.3, -0.25) is 0 Å². The number of halogens is 5. The second kappa shape index (κ2) is 16.6. The zero-order chi connectivity index (χ0) is 36.4. The van der Waals surface area contributed by atoms with E-state index in [9.17, 15) is 22.0 Å². The highest BCUT2D eigenvalue weighted by Crippen LogP contribution is 2.41. The highest BCUT2D eigenvalue weighted by atomic mass is 19.4. The van der Waals surface area contributed by atoms with Gasteiger partial charge in [-0.15, -0.1) is 0 Å². The number of benzene rings is 4. The van der Waals surface area contributed by atoms with E-state index < -0.39 is 18.8 Å². The van der Waals surface area contributed by atoms with Crippen LogP contribution in [0.4, 0.5) is 61.8 Å². The average Bonchev–Trinajstić information content (AvgIpc) is 3.06. The second-order valence-corrected chi connectivity index (χ2v) is 12.9. The third-order valence-electron chi connectivity index (χ3n) is 7.38. The molecule has 4 aromatic carbocycles. The summed E-state index contributed by atoms with van der Waals surface area (Å²) in [7, 11) is 0. The zero-order valence-corrected chi connectivity index (χ0v) is 28.6. The summed E-state index contributed by atoms with van der Waals surface area (Å²) in [4.78, 5) is -0.0191. The first-order valence-corrected chi connectivity index (χ1v) is 16.1. The number of rotatable bonds is 14. The maximum Gasteiger partial charge on any atom is 0.475 e. The fraction of sp³-hybridized carbons (Fsp3) is 0.351. The van der Waals surface area contributed by atoms with Crippen molar-refractivity contribution in [3.63, 3.8) is 0 Å². The molecule has 0 saturated heterocycles. The molecule has 0 amide bonds. The number of hydrogen-bond acceptors (Lipinski definition) is 8. The Balaban J connectivity index is 1.26. The number of ether oxygens (including phenoxy) is 1. The highest BCUT2D eigenvalue weighted by Gasteiger charge is 2.61. The van der Waals surface area contributed by atoms with Crippen LogP contribution in [0.5, 0.6) is 5.75 Å². The molecule has 8 nitrogen and oxygen atoms in total. The van der Waals surface area contributed by atoms with Crippen molar-refractivity contribution in [1.82, 2.24) is 0 Å². The molecule has 13 heteroatoms. The van der Waals surface area contributed by atoms with E-state index in [0.717, 1.165) is 30.7 Å². The molecule has 0 aliphatic heterocycles. The maximum absolute atomic E-state index is 13.8. The van der Waals surface area contributed by atoms with Crippen molar-refractivity contribution in [2.45, 2.75) is 59.7 Å². The number of hydrogen-bond donors (Lipinski definition) is 0. The van der Waals surface area contributed by atoms with Crippen LogP contribution in [-0.4, -0.2) is 25.4 Å². The Labute approximate surface area is 288 Å². The minimum atomic E-state index is -5.71. The summed E-state index contributed by atoms with van der Waals surface area (Å²) >= 11 is 0. The molecule has 0 aromatic heterocycles. The van der Waals surface area contributed by atoms with Gasteiger partial charge in [-0.25, -0.2) is 0 Å². The normalized spacial score (nSPS) is 13.4. The number of anilines is 1. The van der Waals surface area contributed by atoms with Crippen molar-refractivity contribution in [2.24, 2.45) is 42.0 Å². The van der Waals surface area contributed by atoms with Gasteiger partial charge in [0.05, 0.1) is 40.7 Å². The molecule has 0 aliphatic carbocycles. The van der Waals surface area contributed by atoms with Crippen LogP contribution in [0.15, 0.2) is 128 Å². The van der Waals surface area contributed by atoms with Crippen molar-refractivity contribution in [3.05, 3.63) is 97.1 Å². The Morgan fingerprint density at radius 1 is 0.580 bits per heavy atom. The molecule has 1 atom stereocenters. The smallest absolute Gasteiger partial charge is 0.475 e. The van der Waals surface area contributed by atoms with Gasteiger partial charge < -0.3 is 9.64 Å². The topological polar surface area (TPSA) is 86.6 Å². The molecule has 0 N–H and O–H groups in total. The molecule has 264 valence electrons. The summed E-state index contributed by atoms with van der Waals surface area (Å²) in [6, 6.07) is 21.2. The van der Waals surface area contributed by atoms with Crippen LogP contribution in [0.3, 0.4) is 0 Å². The maximum atomic E-state index is 13.8. The van der Waals surface area contributed by atoms with Crippen molar-refractivity contribution < 1.29 is 26.7 Å². The fourth-order valence-electron chi connectivity index (χ4n) is 5.05. The van der Waals surface area contributed by atoms with Gasteiger partial charge in [-0.05, 0) is 128 Å². The van der Waals surface area contributed by atoms with E-state index in [-0.39, 0.29) is 16.3 Å². The zero-order valence-electron chi connectivity index (χ0n) is 28.6. The molecule has 0 spiro atoms. The minimum absolute atomic E-state index is 0.0191. The summed E-state index contributed by atoms with van der Waals surface area (Å²) < 4.78 is 72.0. The van der Waals surface area contributed by atoms with Gasteiger partial charge >= 0.3 is 12.2 Å².